The Morgan fingerprint density at radius 1 is 1.00 bits per heavy atom. The largest absolute Gasteiger partial charge is 0.465 e. The van der Waals surface area contributed by atoms with Gasteiger partial charge in [0.1, 0.15) is 0 Å². The number of esters is 2. The van der Waals surface area contributed by atoms with Crippen LogP contribution in [0.15, 0.2) is 52.4 Å². The van der Waals surface area contributed by atoms with Crippen molar-refractivity contribution in [2.75, 3.05) is 19.8 Å². The molecule has 1 aliphatic heterocycles. The van der Waals surface area contributed by atoms with Crippen molar-refractivity contribution < 1.29 is 19.1 Å². The maximum absolute atomic E-state index is 12.5. The number of fused-ring (bicyclic) bond motifs is 1. The Morgan fingerprint density at radius 3 is 2.30 bits per heavy atom. The first-order chi connectivity index (χ1) is 14.5. The lowest BCUT2D eigenvalue weighted by atomic mass is 10.0. The summed E-state index contributed by atoms with van der Waals surface area (Å²) in [6.07, 6.45) is 0. The molecule has 0 spiro atoms. The molecule has 0 fully saturated rings. The van der Waals surface area contributed by atoms with Crippen molar-refractivity contribution in [3.8, 4) is 0 Å². The predicted molar refractivity (Wildman–Crippen MR) is 117 cm³/mol. The normalized spacial score (nSPS) is 13.1. The minimum atomic E-state index is -1.30. The number of carbonyl (C=O) groups is 2. The second-order valence-electron chi connectivity index (χ2n) is 6.35. The molecule has 2 aromatic rings. The van der Waals surface area contributed by atoms with Crippen LogP contribution in [0.1, 0.15) is 25.0 Å². The van der Waals surface area contributed by atoms with Crippen LogP contribution in [0.2, 0.25) is 10.0 Å². The van der Waals surface area contributed by atoms with E-state index in [-0.39, 0.29) is 25.5 Å². The molecule has 0 saturated carbocycles. The summed E-state index contributed by atoms with van der Waals surface area (Å²) in [5, 5.41) is 1.01. The molecule has 0 aliphatic carbocycles. The van der Waals surface area contributed by atoms with Crippen LogP contribution in [0.25, 0.3) is 0 Å². The standard InChI is InChI=1S/C22H20Cl2N2O4/c1-3-29-21(27)19(22(28)30-4-2)18-12-25-20(14-7-5-6-8-16(14)24)15-11-13(23)9-10-17(15)26-18/h5-11,19H,3-4,12H2,1-2H3. The molecule has 0 amide bonds. The monoisotopic (exact) mass is 446 g/mol. The highest BCUT2D eigenvalue weighted by atomic mass is 35.5. The first kappa shape index (κ1) is 22.0. The van der Waals surface area contributed by atoms with Gasteiger partial charge in [0.05, 0.1) is 36.9 Å². The fourth-order valence-electron chi connectivity index (χ4n) is 3.09. The van der Waals surface area contributed by atoms with Crippen LogP contribution in [0, 0.1) is 5.92 Å². The van der Waals surface area contributed by atoms with E-state index >= 15 is 0 Å². The second kappa shape index (κ2) is 9.87. The van der Waals surface area contributed by atoms with E-state index in [2.05, 4.69) is 9.98 Å². The summed E-state index contributed by atoms with van der Waals surface area (Å²) in [5.41, 5.74) is 2.67. The number of nitrogens with zero attached hydrogens (tertiary/aromatic N) is 2. The number of hydrogen-bond donors (Lipinski definition) is 0. The maximum atomic E-state index is 12.5. The summed E-state index contributed by atoms with van der Waals surface area (Å²) < 4.78 is 10.2. The Labute approximate surface area is 184 Å². The highest BCUT2D eigenvalue weighted by Gasteiger charge is 2.36. The van der Waals surface area contributed by atoms with Crippen LogP contribution in [0.4, 0.5) is 5.69 Å². The number of rotatable bonds is 6. The quantitative estimate of drug-likeness (QED) is 0.477. The van der Waals surface area contributed by atoms with Crippen molar-refractivity contribution in [1.82, 2.24) is 0 Å². The number of carbonyl (C=O) groups excluding carboxylic acids is 2. The van der Waals surface area contributed by atoms with Gasteiger partial charge in [0, 0.05) is 21.2 Å². The molecule has 1 heterocycles. The summed E-state index contributed by atoms with van der Waals surface area (Å²) in [6.45, 7) is 3.58. The van der Waals surface area contributed by atoms with Gasteiger partial charge in [-0.05, 0) is 38.1 Å². The highest BCUT2D eigenvalue weighted by Crippen LogP contribution is 2.31. The summed E-state index contributed by atoms with van der Waals surface area (Å²) in [7, 11) is 0. The third kappa shape index (κ3) is 4.71. The molecule has 6 nitrogen and oxygen atoms in total. The van der Waals surface area contributed by atoms with E-state index in [4.69, 9.17) is 32.7 Å². The molecule has 0 saturated heterocycles. The van der Waals surface area contributed by atoms with Crippen LogP contribution < -0.4 is 0 Å². The SMILES string of the molecule is CCOC(=O)C(C(=O)OCC)C1=Nc2ccc(Cl)cc2C(c2ccccc2Cl)=NC1. The molecule has 2 aromatic carbocycles. The van der Waals surface area contributed by atoms with Gasteiger partial charge in [-0.1, -0.05) is 41.4 Å². The Bertz CT molecular complexity index is 1020. The van der Waals surface area contributed by atoms with Crippen LogP contribution in [0.3, 0.4) is 0 Å². The van der Waals surface area contributed by atoms with Crippen LogP contribution in [-0.2, 0) is 19.1 Å². The van der Waals surface area contributed by atoms with E-state index in [0.717, 1.165) is 0 Å². The zero-order valence-electron chi connectivity index (χ0n) is 16.5. The number of halogens is 2. The molecule has 0 atom stereocenters. The van der Waals surface area contributed by atoms with Gasteiger partial charge in [0.15, 0.2) is 5.92 Å². The van der Waals surface area contributed by atoms with Gasteiger partial charge in [0.2, 0.25) is 0 Å². The minimum Gasteiger partial charge on any atom is -0.465 e. The number of benzene rings is 2. The van der Waals surface area contributed by atoms with Crippen molar-refractivity contribution >= 4 is 52.3 Å². The molecular formula is C22H20Cl2N2O4. The third-order valence-electron chi connectivity index (χ3n) is 4.38. The molecule has 8 heteroatoms. The molecule has 156 valence electrons. The predicted octanol–water partition coefficient (Wildman–Crippen LogP) is 4.66. The fourth-order valence-corrected chi connectivity index (χ4v) is 3.49. The smallest absolute Gasteiger partial charge is 0.326 e. The van der Waals surface area contributed by atoms with Gasteiger partial charge in [-0.25, -0.2) is 0 Å². The van der Waals surface area contributed by atoms with Crippen molar-refractivity contribution in [2.24, 2.45) is 15.9 Å². The van der Waals surface area contributed by atoms with E-state index in [0.29, 0.717) is 32.6 Å². The van der Waals surface area contributed by atoms with Crippen molar-refractivity contribution in [2.45, 2.75) is 13.8 Å². The van der Waals surface area contributed by atoms with Gasteiger partial charge in [0.25, 0.3) is 0 Å². The lowest BCUT2D eigenvalue weighted by Crippen LogP contribution is -2.36. The minimum absolute atomic E-state index is 0.00481. The summed E-state index contributed by atoms with van der Waals surface area (Å²) in [6, 6.07) is 12.4. The molecule has 0 aromatic heterocycles. The molecule has 0 radical (unpaired) electrons. The maximum Gasteiger partial charge on any atom is 0.326 e. The first-order valence-electron chi connectivity index (χ1n) is 9.46. The Balaban J connectivity index is 2.15. The second-order valence-corrected chi connectivity index (χ2v) is 7.19. The summed E-state index contributed by atoms with van der Waals surface area (Å²) in [4.78, 5) is 34.3. The van der Waals surface area contributed by atoms with Gasteiger partial charge in [-0.2, -0.15) is 0 Å². The lowest BCUT2D eigenvalue weighted by Gasteiger charge is -2.15. The highest BCUT2D eigenvalue weighted by molar-refractivity contribution is 6.36. The molecule has 0 bridgehead atoms. The lowest BCUT2D eigenvalue weighted by molar-refractivity contribution is -0.157. The first-order valence-corrected chi connectivity index (χ1v) is 10.2. The molecule has 1 aliphatic rings. The van der Waals surface area contributed by atoms with Gasteiger partial charge < -0.3 is 9.47 Å². The zero-order chi connectivity index (χ0) is 21.7. The Hall–Kier alpha value is -2.70. The Kier molecular flexibility index (Phi) is 7.24. The average Bonchev–Trinajstić information content (AvgIpc) is 2.88. The molecular weight excluding hydrogens is 427 g/mol. The van der Waals surface area contributed by atoms with E-state index < -0.39 is 17.9 Å². The van der Waals surface area contributed by atoms with Crippen molar-refractivity contribution in [3.63, 3.8) is 0 Å². The number of hydrogen-bond acceptors (Lipinski definition) is 6. The fraction of sp³-hybridized carbons (Fsp3) is 0.273. The van der Waals surface area contributed by atoms with Crippen LogP contribution in [-0.4, -0.2) is 43.1 Å². The number of aliphatic imine (C=N–C) groups is 2. The average molecular weight is 447 g/mol. The van der Waals surface area contributed by atoms with Gasteiger partial charge in [-0.3, -0.25) is 19.6 Å². The van der Waals surface area contributed by atoms with Crippen molar-refractivity contribution in [1.29, 1.82) is 0 Å². The summed E-state index contributed by atoms with van der Waals surface area (Å²) in [5.74, 6) is -2.74. The molecule has 0 unspecified atom stereocenters. The third-order valence-corrected chi connectivity index (χ3v) is 4.95. The van der Waals surface area contributed by atoms with Gasteiger partial charge >= 0.3 is 11.9 Å². The van der Waals surface area contributed by atoms with Crippen LogP contribution >= 0.6 is 23.2 Å². The van der Waals surface area contributed by atoms with E-state index in [1.54, 1.807) is 38.1 Å². The molecule has 0 N–H and O–H groups in total. The number of ether oxygens (including phenoxy) is 2. The zero-order valence-corrected chi connectivity index (χ0v) is 18.0. The van der Waals surface area contributed by atoms with Gasteiger partial charge in [-0.15, -0.1) is 0 Å². The van der Waals surface area contributed by atoms with E-state index in [9.17, 15) is 9.59 Å². The summed E-state index contributed by atoms with van der Waals surface area (Å²) >= 11 is 12.6. The van der Waals surface area contributed by atoms with E-state index in [1.165, 1.54) is 0 Å². The van der Waals surface area contributed by atoms with E-state index in [1.807, 2.05) is 18.2 Å². The molecule has 3 rings (SSSR count). The molecule has 30 heavy (non-hydrogen) atoms. The van der Waals surface area contributed by atoms with Crippen LogP contribution in [0.5, 0.6) is 0 Å². The topological polar surface area (TPSA) is 77.3 Å². The van der Waals surface area contributed by atoms with Crippen molar-refractivity contribution in [3.05, 3.63) is 63.6 Å². The Morgan fingerprint density at radius 2 is 1.67 bits per heavy atom.